The van der Waals surface area contributed by atoms with Crippen LogP contribution in [0.3, 0.4) is 0 Å². The molecule has 0 saturated heterocycles. The van der Waals surface area contributed by atoms with Crippen molar-refractivity contribution in [3.63, 3.8) is 0 Å². The molecule has 74 valence electrons. The number of para-hydroxylation sites is 1. The minimum atomic E-state index is -4.15. The van der Waals surface area contributed by atoms with Gasteiger partial charge >= 0.3 is 6.18 Å². The van der Waals surface area contributed by atoms with Crippen LogP contribution in [0.1, 0.15) is 5.56 Å². The molecule has 0 amide bonds. The number of halogens is 3. The number of H-pyrrole nitrogens is 1. The zero-order chi connectivity index (χ0) is 10.2. The third-order valence-electron chi connectivity index (χ3n) is 2.07. The lowest BCUT2D eigenvalue weighted by molar-refractivity contribution is -0.126. The second-order valence-corrected chi connectivity index (χ2v) is 3.15. The fraction of sp³-hybridized carbons (Fsp3) is 0.200. The fourth-order valence-electron chi connectivity index (χ4n) is 1.49. The fourth-order valence-corrected chi connectivity index (χ4v) is 1.49. The van der Waals surface area contributed by atoms with E-state index < -0.39 is 12.6 Å². The molecule has 0 spiro atoms. The van der Waals surface area contributed by atoms with E-state index in [2.05, 4.69) is 4.98 Å². The monoisotopic (exact) mass is 199 g/mol. The van der Waals surface area contributed by atoms with Crippen molar-refractivity contribution in [3.8, 4) is 0 Å². The minimum Gasteiger partial charge on any atom is -0.361 e. The van der Waals surface area contributed by atoms with E-state index in [9.17, 15) is 13.2 Å². The highest BCUT2D eigenvalue weighted by molar-refractivity contribution is 5.83. The van der Waals surface area contributed by atoms with Crippen molar-refractivity contribution in [3.05, 3.63) is 36.0 Å². The van der Waals surface area contributed by atoms with E-state index in [-0.39, 0.29) is 0 Å². The first-order valence-corrected chi connectivity index (χ1v) is 4.18. The predicted molar refractivity (Wildman–Crippen MR) is 48.1 cm³/mol. The SMILES string of the molecule is FC(F)(F)Cc1c[nH]c2ccccc12. The Kier molecular flexibility index (Phi) is 1.98. The first-order valence-electron chi connectivity index (χ1n) is 4.18. The second-order valence-electron chi connectivity index (χ2n) is 3.15. The molecule has 0 unspecified atom stereocenters. The molecule has 0 aliphatic carbocycles. The zero-order valence-electron chi connectivity index (χ0n) is 7.23. The van der Waals surface area contributed by atoms with Crippen molar-refractivity contribution < 1.29 is 13.2 Å². The number of rotatable bonds is 1. The molecule has 0 aliphatic heterocycles. The summed E-state index contributed by atoms with van der Waals surface area (Å²) in [5, 5.41) is 0.643. The van der Waals surface area contributed by atoms with Crippen LogP contribution in [-0.2, 0) is 6.42 Å². The zero-order valence-corrected chi connectivity index (χ0v) is 7.23. The molecule has 0 saturated carbocycles. The number of hydrogen-bond donors (Lipinski definition) is 1. The minimum absolute atomic E-state index is 0.299. The maximum atomic E-state index is 12.1. The Morgan fingerprint density at radius 1 is 1.14 bits per heavy atom. The molecule has 1 nitrogen and oxygen atoms in total. The molecule has 0 bridgehead atoms. The Balaban J connectivity index is 2.44. The Hall–Kier alpha value is -1.45. The second kappa shape index (κ2) is 3.04. The van der Waals surface area contributed by atoms with Crippen LogP contribution in [0.15, 0.2) is 30.5 Å². The number of alkyl halides is 3. The topological polar surface area (TPSA) is 15.8 Å². The molecule has 14 heavy (non-hydrogen) atoms. The standard InChI is InChI=1S/C10H8F3N/c11-10(12,13)5-7-6-14-9-4-2-1-3-8(7)9/h1-4,6,14H,5H2. The van der Waals surface area contributed by atoms with Gasteiger partial charge in [0, 0.05) is 17.1 Å². The lowest BCUT2D eigenvalue weighted by Crippen LogP contribution is -2.10. The van der Waals surface area contributed by atoms with Gasteiger partial charge in [0.1, 0.15) is 0 Å². The maximum absolute atomic E-state index is 12.1. The lowest BCUT2D eigenvalue weighted by atomic mass is 10.1. The molecule has 1 N–H and O–H groups in total. The summed E-state index contributed by atoms with van der Waals surface area (Å²) >= 11 is 0. The molecule has 1 aromatic carbocycles. The molecule has 4 heteroatoms. The number of hydrogen-bond acceptors (Lipinski definition) is 0. The molecule has 0 aliphatic rings. The summed E-state index contributed by atoms with van der Waals surface area (Å²) in [5.74, 6) is 0. The molecule has 2 aromatic rings. The first kappa shape index (κ1) is 9.12. The highest BCUT2D eigenvalue weighted by Gasteiger charge is 2.28. The highest BCUT2D eigenvalue weighted by Crippen LogP contribution is 2.26. The van der Waals surface area contributed by atoms with Crippen molar-refractivity contribution in [1.29, 1.82) is 0 Å². The number of aromatic nitrogens is 1. The summed E-state index contributed by atoms with van der Waals surface area (Å²) in [7, 11) is 0. The van der Waals surface area contributed by atoms with E-state index in [0.717, 1.165) is 5.52 Å². The predicted octanol–water partition coefficient (Wildman–Crippen LogP) is 3.27. The van der Waals surface area contributed by atoms with Crippen LogP contribution in [0.5, 0.6) is 0 Å². The van der Waals surface area contributed by atoms with Crippen molar-refractivity contribution >= 4 is 10.9 Å². The van der Waals surface area contributed by atoms with Crippen molar-refractivity contribution in [2.75, 3.05) is 0 Å². The average Bonchev–Trinajstić information content (AvgIpc) is 2.47. The number of fused-ring (bicyclic) bond motifs is 1. The van der Waals surface area contributed by atoms with Gasteiger partial charge in [0.25, 0.3) is 0 Å². The van der Waals surface area contributed by atoms with Gasteiger partial charge in [0.2, 0.25) is 0 Å². The Bertz CT molecular complexity index is 442. The number of benzene rings is 1. The first-order chi connectivity index (χ1) is 6.56. The van der Waals surface area contributed by atoms with Gasteiger partial charge in [-0.25, -0.2) is 0 Å². The third-order valence-corrected chi connectivity index (χ3v) is 2.07. The number of aromatic amines is 1. The number of nitrogens with one attached hydrogen (secondary N) is 1. The summed E-state index contributed by atoms with van der Waals surface area (Å²) in [6.45, 7) is 0. The van der Waals surface area contributed by atoms with Gasteiger partial charge in [-0.1, -0.05) is 18.2 Å². The van der Waals surface area contributed by atoms with E-state index in [4.69, 9.17) is 0 Å². The Morgan fingerprint density at radius 2 is 1.86 bits per heavy atom. The van der Waals surface area contributed by atoms with Crippen LogP contribution in [0, 0.1) is 0 Å². The van der Waals surface area contributed by atoms with E-state index in [0.29, 0.717) is 10.9 Å². The summed E-state index contributed by atoms with van der Waals surface area (Å²) in [6, 6.07) is 6.97. The van der Waals surface area contributed by atoms with Gasteiger partial charge in [-0.15, -0.1) is 0 Å². The Morgan fingerprint density at radius 3 is 2.57 bits per heavy atom. The van der Waals surface area contributed by atoms with Gasteiger partial charge in [-0.2, -0.15) is 13.2 Å². The van der Waals surface area contributed by atoms with E-state index in [1.54, 1.807) is 24.3 Å². The van der Waals surface area contributed by atoms with Crippen molar-refractivity contribution in [2.24, 2.45) is 0 Å². The third kappa shape index (κ3) is 1.73. The molecule has 0 atom stereocenters. The van der Waals surface area contributed by atoms with Crippen LogP contribution >= 0.6 is 0 Å². The van der Waals surface area contributed by atoms with E-state index in [1.807, 2.05) is 0 Å². The van der Waals surface area contributed by atoms with Crippen LogP contribution < -0.4 is 0 Å². The van der Waals surface area contributed by atoms with Gasteiger partial charge in [-0.05, 0) is 11.6 Å². The van der Waals surface area contributed by atoms with Crippen LogP contribution in [0.2, 0.25) is 0 Å². The molecule has 1 heterocycles. The largest absolute Gasteiger partial charge is 0.393 e. The summed E-state index contributed by atoms with van der Waals surface area (Å²) in [4.78, 5) is 2.81. The summed E-state index contributed by atoms with van der Waals surface area (Å²) in [6.07, 6.45) is -3.61. The van der Waals surface area contributed by atoms with E-state index >= 15 is 0 Å². The van der Waals surface area contributed by atoms with Crippen LogP contribution in [0.4, 0.5) is 13.2 Å². The van der Waals surface area contributed by atoms with Gasteiger partial charge in [0.15, 0.2) is 0 Å². The molecular formula is C10H8F3N. The van der Waals surface area contributed by atoms with Gasteiger partial charge in [-0.3, -0.25) is 0 Å². The smallest absolute Gasteiger partial charge is 0.361 e. The molecule has 0 radical (unpaired) electrons. The van der Waals surface area contributed by atoms with Crippen molar-refractivity contribution in [1.82, 2.24) is 4.98 Å². The highest BCUT2D eigenvalue weighted by atomic mass is 19.4. The summed E-state index contributed by atoms with van der Waals surface area (Å²) in [5.41, 5.74) is 1.04. The van der Waals surface area contributed by atoms with E-state index in [1.165, 1.54) is 6.20 Å². The molecule has 0 fully saturated rings. The quantitative estimate of drug-likeness (QED) is 0.725. The van der Waals surface area contributed by atoms with Crippen LogP contribution in [-0.4, -0.2) is 11.2 Å². The lowest BCUT2D eigenvalue weighted by Gasteiger charge is -2.04. The average molecular weight is 199 g/mol. The van der Waals surface area contributed by atoms with Gasteiger partial charge in [0.05, 0.1) is 6.42 Å². The summed E-state index contributed by atoms with van der Waals surface area (Å²) < 4.78 is 36.4. The normalized spacial score (nSPS) is 12.2. The molecule has 1 aromatic heterocycles. The molecular weight excluding hydrogens is 191 g/mol. The van der Waals surface area contributed by atoms with Crippen molar-refractivity contribution in [2.45, 2.75) is 12.6 Å². The van der Waals surface area contributed by atoms with Crippen LogP contribution in [0.25, 0.3) is 10.9 Å². The van der Waals surface area contributed by atoms with Gasteiger partial charge < -0.3 is 4.98 Å². The Labute approximate surface area is 78.5 Å². The molecule has 2 rings (SSSR count). The maximum Gasteiger partial charge on any atom is 0.393 e.